The van der Waals surface area contributed by atoms with Crippen LogP contribution in [0.5, 0.6) is 0 Å². The standard InChI is InChI=1S/C11H19F3O2S/c1-10(15)16-7-5-9-17-8-4-2-3-6-11(12,13)14/h2-9H2,1H3. The molecule has 6 heteroatoms. The van der Waals surface area contributed by atoms with Crippen molar-refractivity contribution in [2.75, 3.05) is 18.1 Å². The SMILES string of the molecule is CC(=O)OCCCSCCCCCC(F)(F)F. The molecule has 0 atom stereocenters. The number of hydrogen-bond acceptors (Lipinski definition) is 3. The normalized spacial score (nSPS) is 11.5. The summed E-state index contributed by atoms with van der Waals surface area (Å²) in [6.07, 6.45) is -2.24. The maximum Gasteiger partial charge on any atom is 0.389 e. The molecule has 0 radical (unpaired) electrons. The maximum atomic E-state index is 11.8. The fraction of sp³-hybridized carbons (Fsp3) is 0.909. The number of ether oxygens (including phenoxy) is 1. The summed E-state index contributed by atoms with van der Waals surface area (Å²) in [6.45, 7) is 1.80. The van der Waals surface area contributed by atoms with Gasteiger partial charge in [-0.1, -0.05) is 6.42 Å². The van der Waals surface area contributed by atoms with Crippen molar-refractivity contribution < 1.29 is 22.7 Å². The van der Waals surface area contributed by atoms with Crippen LogP contribution in [0.1, 0.15) is 39.0 Å². The van der Waals surface area contributed by atoms with Gasteiger partial charge in [0, 0.05) is 13.3 Å². The highest BCUT2D eigenvalue weighted by Gasteiger charge is 2.25. The van der Waals surface area contributed by atoms with Crippen LogP contribution >= 0.6 is 11.8 Å². The van der Waals surface area contributed by atoms with E-state index in [-0.39, 0.29) is 12.4 Å². The van der Waals surface area contributed by atoms with E-state index in [1.807, 2.05) is 0 Å². The quantitative estimate of drug-likeness (QED) is 0.472. The molecule has 0 fully saturated rings. The lowest BCUT2D eigenvalue weighted by Gasteiger charge is -2.05. The molecule has 0 aliphatic carbocycles. The van der Waals surface area contributed by atoms with E-state index in [1.165, 1.54) is 6.92 Å². The molecule has 0 N–H and O–H groups in total. The van der Waals surface area contributed by atoms with Crippen molar-refractivity contribution in [2.45, 2.75) is 45.2 Å². The van der Waals surface area contributed by atoms with Gasteiger partial charge in [0.1, 0.15) is 0 Å². The van der Waals surface area contributed by atoms with Gasteiger partial charge in [-0.3, -0.25) is 4.79 Å². The third-order valence-electron chi connectivity index (χ3n) is 1.99. The minimum absolute atomic E-state index is 0.220. The molecule has 0 unspecified atom stereocenters. The van der Waals surface area contributed by atoms with Crippen molar-refractivity contribution in [3.63, 3.8) is 0 Å². The van der Waals surface area contributed by atoms with Crippen LogP contribution in [0.3, 0.4) is 0 Å². The van der Waals surface area contributed by atoms with Crippen LogP contribution in [0.25, 0.3) is 0 Å². The highest BCUT2D eigenvalue weighted by atomic mass is 32.2. The molecule has 0 rings (SSSR count). The molecule has 0 aliphatic rings. The van der Waals surface area contributed by atoms with Crippen molar-refractivity contribution in [2.24, 2.45) is 0 Å². The molecule has 0 aromatic heterocycles. The molecule has 0 saturated heterocycles. The van der Waals surface area contributed by atoms with Crippen molar-refractivity contribution in [3.8, 4) is 0 Å². The summed E-state index contributed by atoms with van der Waals surface area (Å²) in [4.78, 5) is 10.4. The molecule has 2 nitrogen and oxygen atoms in total. The van der Waals surface area contributed by atoms with Crippen LogP contribution in [0.15, 0.2) is 0 Å². The Hall–Kier alpha value is -0.390. The highest BCUT2D eigenvalue weighted by Crippen LogP contribution is 2.22. The topological polar surface area (TPSA) is 26.3 Å². The van der Waals surface area contributed by atoms with Gasteiger partial charge in [-0.05, 0) is 30.8 Å². The molecular formula is C11H19F3O2S. The van der Waals surface area contributed by atoms with Gasteiger partial charge in [-0.15, -0.1) is 0 Å². The summed E-state index contributed by atoms with van der Waals surface area (Å²) in [5.74, 6) is 1.48. The van der Waals surface area contributed by atoms with Crippen molar-refractivity contribution >= 4 is 17.7 Å². The van der Waals surface area contributed by atoms with Gasteiger partial charge in [0.15, 0.2) is 0 Å². The van der Waals surface area contributed by atoms with E-state index in [0.717, 1.165) is 24.3 Å². The van der Waals surface area contributed by atoms with Crippen LogP contribution < -0.4 is 0 Å². The van der Waals surface area contributed by atoms with Gasteiger partial charge in [0.2, 0.25) is 0 Å². The Morgan fingerprint density at radius 1 is 1.12 bits per heavy atom. The lowest BCUT2D eigenvalue weighted by Crippen LogP contribution is -2.06. The Morgan fingerprint density at radius 3 is 2.35 bits per heavy atom. The van der Waals surface area contributed by atoms with Gasteiger partial charge < -0.3 is 4.74 Å². The second-order valence-corrected chi connectivity index (χ2v) is 4.96. The van der Waals surface area contributed by atoms with Crippen molar-refractivity contribution in [3.05, 3.63) is 0 Å². The molecule has 0 aliphatic heterocycles. The zero-order chi connectivity index (χ0) is 13.1. The van der Waals surface area contributed by atoms with Crippen LogP contribution in [0, 0.1) is 0 Å². The average molecular weight is 272 g/mol. The number of esters is 1. The summed E-state index contributed by atoms with van der Waals surface area (Å²) in [6, 6.07) is 0. The molecule has 102 valence electrons. The number of halogens is 3. The molecule has 17 heavy (non-hydrogen) atoms. The second-order valence-electron chi connectivity index (χ2n) is 3.73. The van der Waals surface area contributed by atoms with Gasteiger partial charge in [0.25, 0.3) is 0 Å². The molecule has 0 aromatic rings. The zero-order valence-corrected chi connectivity index (χ0v) is 10.8. The first-order valence-electron chi connectivity index (χ1n) is 5.69. The predicted octanol–water partition coefficient (Wildman–Crippen LogP) is 3.80. The monoisotopic (exact) mass is 272 g/mol. The van der Waals surface area contributed by atoms with E-state index in [1.54, 1.807) is 11.8 Å². The van der Waals surface area contributed by atoms with E-state index >= 15 is 0 Å². The Kier molecular flexibility index (Phi) is 9.40. The first kappa shape index (κ1) is 16.6. The number of carbonyl (C=O) groups excluding carboxylic acids is 1. The fourth-order valence-electron chi connectivity index (χ4n) is 1.19. The Bertz CT molecular complexity index is 207. The summed E-state index contributed by atoms with van der Waals surface area (Å²) < 4.78 is 40.1. The molecular weight excluding hydrogens is 253 g/mol. The second kappa shape index (κ2) is 9.62. The maximum absolute atomic E-state index is 11.8. The molecule has 0 amide bonds. The van der Waals surface area contributed by atoms with E-state index in [2.05, 4.69) is 0 Å². The zero-order valence-electron chi connectivity index (χ0n) is 10.0. The number of hydrogen-bond donors (Lipinski definition) is 0. The lowest BCUT2D eigenvalue weighted by atomic mass is 10.2. The predicted molar refractivity (Wildman–Crippen MR) is 63.1 cm³/mol. The first-order valence-corrected chi connectivity index (χ1v) is 6.85. The van der Waals surface area contributed by atoms with Crippen LogP contribution in [-0.2, 0) is 9.53 Å². The minimum Gasteiger partial charge on any atom is -0.466 e. The Labute approximate surface area is 104 Å². The lowest BCUT2D eigenvalue weighted by molar-refractivity contribution is -0.141. The summed E-state index contributed by atoms with van der Waals surface area (Å²) in [5, 5.41) is 0. The first-order chi connectivity index (χ1) is 7.92. The van der Waals surface area contributed by atoms with E-state index in [4.69, 9.17) is 4.74 Å². The van der Waals surface area contributed by atoms with Crippen molar-refractivity contribution in [1.29, 1.82) is 0 Å². The van der Waals surface area contributed by atoms with Crippen LogP contribution in [0.2, 0.25) is 0 Å². The largest absolute Gasteiger partial charge is 0.466 e. The van der Waals surface area contributed by atoms with Crippen LogP contribution in [0.4, 0.5) is 13.2 Å². The summed E-state index contributed by atoms with van der Waals surface area (Å²) in [7, 11) is 0. The van der Waals surface area contributed by atoms with E-state index in [9.17, 15) is 18.0 Å². The van der Waals surface area contributed by atoms with Crippen LogP contribution in [-0.4, -0.2) is 30.3 Å². The Morgan fingerprint density at radius 2 is 1.76 bits per heavy atom. The molecule has 0 aromatic carbocycles. The molecule has 0 bridgehead atoms. The van der Waals surface area contributed by atoms with Gasteiger partial charge in [-0.25, -0.2) is 0 Å². The summed E-state index contributed by atoms with van der Waals surface area (Å²) in [5.41, 5.74) is 0. The average Bonchev–Trinajstić information content (AvgIpc) is 2.18. The van der Waals surface area contributed by atoms with Gasteiger partial charge in [-0.2, -0.15) is 24.9 Å². The number of rotatable bonds is 9. The Balaban J connectivity index is 3.06. The minimum atomic E-state index is -4.02. The molecule has 0 saturated carbocycles. The van der Waals surface area contributed by atoms with Gasteiger partial charge in [0.05, 0.1) is 6.61 Å². The third kappa shape index (κ3) is 15.6. The summed E-state index contributed by atoms with van der Waals surface area (Å²) >= 11 is 1.69. The number of thioether (sulfide) groups is 1. The molecule has 0 heterocycles. The molecule has 0 spiro atoms. The number of carbonyl (C=O) groups is 1. The highest BCUT2D eigenvalue weighted by molar-refractivity contribution is 7.99. The number of alkyl halides is 3. The van der Waals surface area contributed by atoms with Gasteiger partial charge >= 0.3 is 12.1 Å². The number of unbranched alkanes of at least 4 members (excludes halogenated alkanes) is 2. The van der Waals surface area contributed by atoms with E-state index in [0.29, 0.717) is 13.0 Å². The fourth-order valence-corrected chi connectivity index (χ4v) is 2.12. The third-order valence-corrected chi connectivity index (χ3v) is 3.14. The smallest absolute Gasteiger partial charge is 0.389 e. The van der Waals surface area contributed by atoms with E-state index < -0.39 is 12.6 Å². The van der Waals surface area contributed by atoms with Crippen molar-refractivity contribution in [1.82, 2.24) is 0 Å².